The Morgan fingerprint density at radius 2 is 1.81 bits per heavy atom. The van der Waals surface area contributed by atoms with Gasteiger partial charge in [-0.25, -0.2) is 0 Å². The Morgan fingerprint density at radius 3 is 2.42 bits per heavy atom. The van der Waals surface area contributed by atoms with Crippen molar-refractivity contribution in [1.29, 1.82) is 0 Å². The number of nitro groups is 1. The standard InChI is InChI=1S/C19H18N2O5/c1-12-6-5-9-14(17(12)21(25)26)18(22)20-10-15(16(11-20)19(23)24)13-7-3-2-4-8-13/h2-9,15-16H,10-11H2,1H3,(H,23,24). The number of likely N-dealkylation sites (tertiary alicyclic amines) is 1. The zero-order valence-electron chi connectivity index (χ0n) is 14.2. The summed E-state index contributed by atoms with van der Waals surface area (Å²) in [7, 11) is 0. The number of carbonyl (C=O) groups is 2. The molecular weight excluding hydrogens is 336 g/mol. The minimum Gasteiger partial charge on any atom is -0.481 e. The molecule has 0 bridgehead atoms. The maximum atomic E-state index is 12.9. The fourth-order valence-corrected chi connectivity index (χ4v) is 3.50. The highest BCUT2D eigenvalue weighted by atomic mass is 16.6. The van der Waals surface area contributed by atoms with Crippen molar-refractivity contribution in [2.75, 3.05) is 13.1 Å². The average molecular weight is 354 g/mol. The molecule has 2 atom stereocenters. The van der Waals surface area contributed by atoms with E-state index in [2.05, 4.69) is 0 Å². The van der Waals surface area contributed by atoms with Crippen molar-refractivity contribution in [2.45, 2.75) is 12.8 Å². The molecule has 1 aliphatic rings. The van der Waals surface area contributed by atoms with E-state index in [-0.39, 0.29) is 30.3 Å². The first-order chi connectivity index (χ1) is 12.4. The Hall–Kier alpha value is -3.22. The largest absolute Gasteiger partial charge is 0.481 e. The molecule has 0 radical (unpaired) electrons. The SMILES string of the molecule is Cc1cccc(C(=O)N2CC(C(=O)O)C(c3ccccc3)C2)c1[N+](=O)[O-]. The van der Waals surface area contributed by atoms with E-state index in [9.17, 15) is 24.8 Å². The summed E-state index contributed by atoms with van der Waals surface area (Å²) < 4.78 is 0. The fraction of sp³-hybridized carbons (Fsp3) is 0.263. The summed E-state index contributed by atoms with van der Waals surface area (Å²) in [5.41, 5.74) is 1.00. The highest BCUT2D eigenvalue weighted by molar-refractivity contribution is 5.99. The van der Waals surface area contributed by atoms with E-state index >= 15 is 0 Å². The van der Waals surface area contributed by atoms with Gasteiger partial charge in [0.25, 0.3) is 11.6 Å². The number of benzene rings is 2. The molecule has 0 spiro atoms. The maximum Gasteiger partial charge on any atom is 0.308 e. The van der Waals surface area contributed by atoms with E-state index in [0.29, 0.717) is 5.56 Å². The van der Waals surface area contributed by atoms with Crippen LogP contribution in [0.15, 0.2) is 48.5 Å². The lowest BCUT2D eigenvalue weighted by atomic mass is 9.89. The number of rotatable bonds is 4. The topological polar surface area (TPSA) is 101 Å². The number of carboxylic acid groups (broad SMARTS) is 1. The molecule has 1 amide bonds. The number of hydrogen-bond donors (Lipinski definition) is 1. The molecule has 7 nitrogen and oxygen atoms in total. The fourth-order valence-electron chi connectivity index (χ4n) is 3.50. The van der Waals surface area contributed by atoms with Gasteiger partial charge in [0, 0.05) is 24.6 Å². The van der Waals surface area contributed by atoms with Crippen LogP contribution in [0.2, 0.25) is 0 Å². The van der Waals surface area contributed by atoms with E-state index in [1.807, 2.05) is 30.3 Å². The third-order valence-corrected chi connectivity index (χ3v) is 4.80. The lowest BCUT2D eigenvalue weighted by molar-refractivity contribution is -0.385. The number of aryl methyl sites for hydroxylation is 1. The monoisotopic (exact) mass is 354 g/mol. The average Bonchev–Trinajstić information content (AvgIpc) is 3.07. The van der Waals surface area contributed by atoms with Crippen molar-refractivity contribution in [3.05, 3.63) is 75.3 Å². The minimum absolute atomic E-state index is 0.00662. The molecular formula is C19H18N2O5. The minimum atomic E-state index is -0.979. The van der Waals surface area contributed by atoms with Crippen LogP contribution in [-0.2, 0) is 4.79 Å². The normalized spacial score (nSPS) is 19.3. The molecule has 0 aromatic heterocycles. The van der Waals surface area contributed by atoms with E-state index < -0.39 is 22.7 Å². The highest BCUT2D eigenvalue weighted by Crippen LogP contribution is 2.35. The second kappa shape index (κ2) is 6.95. The molecule has 2 aromatic rings. The van der Waals surface area contributed by atoms with Gasteiger partial charge in [-0.15, -0.1) is 0 Å². The number of aliphatic carboxylic acids is 1. The third kappa shape index (κ3) is 3.15. The number of hydrogen-bond acceptors (Lipinski definition) is 4. The van der Waals surface area contributed by atoms with Crippen LogP contribution < -0.4 is 0 Å². The van der Waals surface area contributed by atoms with Gasteiger partial charge in [0.2, 0.25) is 0 Å². The number of nitrogens with zero attached hydrogens (tertiary/aromatic N) is 2. The molecule has 7 heteroatoms. The second-order valence-electron chi connectivity index (χ2n) is 6.40. The van der Waals surface area contributed by atoms with Gasteiger partial charge in [0.05, 0.1) is 10.8 Å². The van der Waals surface area contributed by atoms with E-state index in [4.69, 9.17) is 0 Å². The molecule has 1 saturated heterocycles. The van der Waals surface area contributed by atoms with Crippen molar-refractivity contribution in [1.82, 2.24) is 4.90 Å². The van der Waals surface area contributed by atoms with Crippen LogP contribution >= 0.6 is 0 Å². The maximum absolute atomic E-state index is 12.9. The van der Waals surface area contributed by atoms with E-state index in [1.54, 1.807) is 19.1 Å². The van der Waals surface area contributed by atoms with Gasteiger partial charge in [-0.05, 0) is 18.6 Å². The van der Waals surface area contributed by atoms with Crippen molar-refractivity contribution >= 4 is 17.6 Å². The van der Waals surface area contributed by atoms with Gasteiger partial charge in [-0.3, -0.25) is 19.7 Å². The molecule has 1 N–H and O–H groups in total. The molecule has 0 saturated carbocycles. The third-order valence-electron chi connectivity index (χ3n) is 4.80. The summed E-state index contributed by atoms with van der Waals surface area (Å²) in [6, 6.07) is 13.7. The molecule has 1 fully saturated rings. The zero-order valence-corrected chi connectivity index (χ0v) is 14.2. The van der Waals surface area contributed by atoms with E-state index in [1.165, 1.54) is 11.0 Å². The molecule has 2 unspecified atom stereocenters. The molecule has 0 aliphatic carbocycles. The highest BCUT2D eigenvalue weighted by Gasteiger charge is 2.41. The Balaban J connectivity index is 1.94. The van der Waals surface area contributed by atoms with Crippen LogP contribution in [0.1, 0.15) is 27.4 Å². The van der Waals surface area contributed by atoms with Gasteiger partial charge < -0.3 is 10.0 Å². The first-order valence-electron chi connectivity index (χ1n) is 8.21. The smallest absolute Gasteiger partial charge is 0.308 e. The summed E-state index contributed by atoms with van der Waals surface area (Å²) >= 11 is 0. The predicted octanol–water partition coefficient (Wildman–Crippen LogP) is 2.84. The number of nitro benzene ring substituents is 1. The second-order valence-corrected chi connectivity index (χ2v) is 6.40. The Labute approximate surface area is 150 Å². The molecule has 1 heterocycles. The Morgan fingerprint density at radius 1 is 1.12 bits per heavy atom. The lowest BCUT2D eigenvalue weighted by Gasteiger charge is -2.17. The Kier molecular flexibility index (Phi) is 4.71. The zero-order chi connectivity index (χ0) is 18.8. The summed E-state index contributed by atoms with van der Waals surface area (Å²) in [5.74, 6) is -2.58. The van der Waals surface area contributed by atoms with Gasteiger partial charge in [-0.1, -0.05) is 42.5 Å². The predicted molar refractivity (Wildman–Crippen MR) is 94.0 cm³/mol. The van der Waals surface area contributed by atoms with E-state index in [0.717, 1.165) is 5.56 Å². The van der Waals surface area contributed by atoms with Crippen LogP contribution in [0.3, 0.4) is 0 Å². The first-order valence-corrected chi connectivity index (χ1v) is 8.21. The van der Waals surface area contributed by atoms with Gasteiger partial charge in [0.1, 0.15) is 5.56 Å². The number of para-hydroxylation sites is 1. The van der Waals surface area contributed by atoms with Crippen molar-refractivity contribution in [3.63, 3.8) is 0 Å². The van der Waals surface area contributed by atoms with Crippen LogP contribution in [-0.4, -0.2) is 39.9 Å². The van der Waals surface area contributed by atoms with Crippen LogP contribution in [0, 0.1) is 23.0 Å². The molecule has 2 aromatic carbocycles. The molecule has 3 rings (SSSR count). The summed E-state index contributed by atoms with van der Waals surface area (Å²) in [5, 5.41) is 20.9. The quantitative estimate of drug-likeness (QED) is 0.672. The van der Waals surface area contributed by atoms with Crippen molar-refractivity contribution < 1.29 is 19.6 Å². The molecule has 1 aliphatic heterocycles. The summed E-state index contributed by atoms with van der Waals surface area (Å²) in [6.07, 6.45) is 0. The summed E-state index contributed by atoms with van der Waals surface area (Å²) in [4.78, 5) is 36.8. The van der Waals surface area contributed by atoms with Gasteiger partial charge >= 0.3 is 5.97 Å². The van der Waals surface area contributed by atoms with Crippen molar-refractivity contribution in [3.8, 4) is 0 Å². The summed E-state index contributed by atoms with van der Waals surface area (Å²) in [6.45, 7) is 1.81. The van der Waals surface area contributed by atoms with Gasteiger partial charge in [-0.2, -0.15) is 0 Å². The van der Waals surface area contributed by atoms with Crippen molar-refractivity contribution in [2.24, 2.45) is 5.92 Å². The van der Waals surface area contributed by atoms with Crippen LogP contribution in [0.4, 0.5) is 5.69 Å². The number of carbonyl (C=O) groups excluding carboxylic acids is 1. The first kappa shape index (κ1) is 17.6. The molecule has 26 heavy (non-hydrogen) atoms. The van der Waals surface area contributed by atoms with Crippen LogP contribution in [0.25, 0.3) is 0 Å². The molecule has 134 valence electrons. The van der Waals surface area contributed by atoms with Gasteiger partial charge in [0.15, 0.2) is 0 Å². The Bertz CT molecular complexity index is 865. The number of amides is 1. The van der Waals surface area contributed by atoms with Crippen LogP contribution in [0.5, 0.6) is 0 Å². The lowest BCUT2D eigenvalue weighted by Crippen LogP contribution is -2.30. The number of carboxylic acids is 1.